The molecule has 2 atom stereocenters. The van der Waals surface area contributed by atoms with Gasteiger partial charge in [0.1, 0.15) is 5.82 Å². The van der Waals surface area contributed by atoms with Crippen molar-refractivity contribution in [2.75, 3.05) is 25.0 Å². The summed E-state index contributed by atoms with van der Waals surface area (Å²) in [5, 5.41) is 12.0. The molecule has 184 valence electrons. The number of hydrogen-bond acceptors (Lipinski definition) is 5. The second-order valence-corrected chi connectivity index (χ2v) is 9.36. The van der Waals surface area contributed by atoms with E-state index in [1.807, 2.05) is 6.07 Å². The van der Waals surface area contributed by atoms with Gasteiger partial charge in [0.25, 0.3) is 5.91 Å². The maximum absolute atomic E-state index is 13.3. The second-order valence-electron chi connectivity index (χ2n) is 8.55. The lowest BCUT2D eigenvalue weighted by atomic mass is 9.89. The van der Waals surface area contributed by atoms with Crippen LogP contribution < -0.4 is 5.32 Å². The maximum atomic E-state index is 13.3. The number of amides is 1. The fourth-order valence-electron chi connectivity index (χ4n) is 4.20. The molecule has 1 saturated heterocycles. The van der Waals surface area contributed by atoms with Gasteiger partial charge in [-0.2, -0.15) is 23.4 Å². The SMILES string of the molecule is Cc1cc(C(=O)N2CC(CNc3ccc(C(F)(F)F)cn3)[C@@H](c3ccc(Cl)c(Cl)c3)C2)c(C)nn1. The number of alkyl halides is 3. The number of likely N-dealkylation sites (tertiary alicyclic amines) is 1. The topological polar surface area (TPSA) is 71.0 Å². The Bertz CT molecular complexity index is 1240. The zero-order valence-electron chi connectivity index (χ0n) is 18.9. The van der Waals surface area contributed by atoms with Gasteiger partial charge in [-0.15, -0.1) is 0 Å². The van der Waals surface area contributed by atoms with Crippen LogP contribution in [-0.2, 0) is 6.18 Å². The minimum atomic E-state index is -4.45. The first-order valence-electron chi connectivity index (χ1n) is 10.8. The molecule has 0 radical (unpaired) electrons. The lowest BCUT2D eigenvalue weighted by molar-refractivity contribution is -0.137. The van der Waals surface area contributed by atoms with E-state index < -0.39 is 11.7 Å². The third-order valence-corrected chi connectivity index (χ3v) is 6.81. The largest absolute Gasteiger partial charge is 0.417 e. The maximum Gasteiger partial charge on any atom is 0.417 e. The Hall–Kier alpha value is -2.91. The zero-order valence-corrected chi connectivity index (χ0v) is 20.4. The van der Waals surface area contributed by atoms with Crippen molar-refractivity contribution in [1.82, 2.24) is 20.1 Å². The highest BCUT2D eigenvalue weighted by atomic mass is 35.5. The summed E-state index contributed by atoms with van der Waals surface area (Å²) >= 11 is 12.3. The van der Waals surface area contributed by atoms with Crippen molar-refractivity contribution in [2.45, 2.75) is 25.9 Å². The summed E-state index contributed by atoms with van der Waals surface area (Å²) in [5.41, 5.74) is 1.78. The molecule has 0 aliphatic carbocycles. The molecule has 1 aliphatic heterocycles. The summed E-state index contributed by atoms with van der Waals surface area (Å²) in [6, 6.07) is 9.37. The van der Waals surface area contributed by atoms with Gasteiger partial charge in [0.15, 0.2) is 0 Å². The van der Waals surface area contributed by atoms with Crippen LogP contribution in [0.4, 0.5) is 19.0 Å². The first-order chi connectivity index (χ1) is 16.5. The third-order valence-electron chi connectivity index (χ3n) is 6.07. The number of carbonyl (C=O) groups is 1. The molecule has 4 rings (SSSR count). The zero-order chi connectivity index (χ0) is 25.3. The summed E-state index contributed by atoms with van der Waals surface area (Å²) in [6.07, 6.45) is -3.65. The molecule has 0 spiro atoms. The smallest absolute Gasteiger partial charge is 0.370 e. The van der Waals surface area contributed by atoms with Gasteiger partial charge in [-0.25, -0.2) is 4.98 Å². The van der Waals surface area contributed by atoms with Crippen LogP contribution in [0, 0.1) is 19.8 Å². The molecule has 1 fully saturated rings. The third kappa shape index (κ3) is 5.67. The molecule has 1 amide bonds. The molecule has 35 heavy (non-hydrogen) atoms. The van der Waals surface area contributed by atoms with E-state index in [1.165, 1.54) is 6.07 Å². The molecule has 3 aromatic rings. The van der Waals surface area contributed by atoms with Gasteiger partial charge in [0.05, 0.1) is 32.6 Å². The lowest BCUT2D eigenvalue weighted by Crippen LogP contribution is -2.30. The molecule has 1 aliphatic rings. The van der Waals surface area contributed by atoms with Crippen LogP contribution in [-0.4, -0.2) is 45.6 Å². The van der Waals surface area contributed by atoms with E-state index in [0.29, 0.717) is 52.4 Å². The van der Waals surface area contributed by atoms with Crippen LogP contribution in [0.3, 0.4) is 0 Å². The monoisotopic (exact) mass is 523 g/mol. The molecule has 3 heterocycles. The number of pyridine rings is 1. The molecule has 11 heteroatoms. The van der Waals surface area contributed by atoms with Gasteiger partial charge in [-0.3, -0.25) is 4.79 Å². The molecule has 1 N–H and O–H groups in total. The van der Waals surface area contributed by atoms with Crippen LogP contribution >= 0.6 is 23.2 Å². The minimum absolute atomic E-state index is 0.0588. The van der Waals surface area contributed by atoms with Crippen molar-refractivity contribution in [1.29, 1.82) is 0 Å². The summed E-state index contributed by atoms with van der Waals surface area (Å²) < 4.78 is 38.5. The Morgan fingerprint density at radius 1 is 1.09 bits per heavy atom. The Labute approximate surface area is 210 Å². The number of benzene rings is 1. The van der Waals surface area contributed by atoms with Crippen molar-refractivity contribution < 1.29 is 18.0 Å². The number of nitrogens with one attached hydrogen (secondary N) is 1. The van der Waals surface area contributed by atoms with E-state index in [4.69, 9.17) is 23.2 Å². The molecule has 0 bridgehead atoms. The van der Waals surface area contributed by atoms with E-state index in [2.05, 4.69) is 20.5 Å². The number of hydrogen-bond donors (Lipinski definition) is 1. The quantitative estimate of drug-likeness (QED) is 0.458. The Balaban J connectivity index is 1.56. The van der Waals surface area contributed by atoms with Crippen molar-refractivity contribution in [3.8, 4) is 0 Å². The van der Waals surface area contributed by atoms with Crippen molar-refractivity contribution in [3.63, 3.8) is 0 Å². The predicted octanol–water partition coefficient (Wildman–Crippen LogP) is 5.78. The highest BCUT2D eigenvalue weighted by Gasteiger charge is 2.37. The number of nitrogens with zero attached hydrogens (tertiary/aromatic N) is 4. The summed E-state index contributed by atoms with van der Waals surface area (Å²) in [7, 11) is 0. The van der Waals surface area contributed by atoms with E-state index in [-0.39, 0.29) is 17.7 Å². The summed E-state index contributed by atoms with van der Waals surface area (Å²) in [6.45, 7) is 4.76. The van der Waals surface area contributed by atoms with Crippen molar-refractivity contribution in [3.05, 3.63) is 80.7 Å². The number of aromatic nitrogens is 3. The molecular weight excluding hydrogens is 502 g/mol. The van der Waals surface area contributed by atoms with Gasteiger partial charge < -0.3 is 10.2 Å². The predicted molar refractivity (Wildman–Crippen MR) is 128 cm³/mol. The van der Waals surface area contributed by atoms with Crippen LogP contribution in [0.1, 0.15) is 38.8 Å². The minimum Gasteiger partial charge on any atom is -0.370 e. The second kappa shape index (κ2) is 9.99. The van der Waals surface area contributed by atoms with Gasteiger partial charge in [0.2, 0.25) is 0 Å². The molecular formula is C24H22Cl2F3N5O. The van der Waals surface area contributed by atoms with Crippen molar-refractivity contribution >= 4 is 34.9 Å². The Morgan fingerprint density at radius 2 is 1.86 bits per heavy atom. The first-order valence-corrected chi connectivity index (χ1v) is 11.6. The average Bonchev–Trinajstić information content (AvgIpc) is 3.24. The van der Waals surface area contributed by atoms with Gasteiger partial charge in [0, 0.05) is 37.7 Å². The fourth-order valence-corrected chi connectivity index (χ4v) is 4.51. The van der Waals surface area contributed by atoms with Crippen LogP contribution in [0.25, 0.3) is 0 Å². The Morgan fingerprint density at radius 3 is 2.51 bits per heavy atom. The van der Waals surface area contributed by atoms with Crippen molar-refractivity contribution in [2.24, 2.45) is 5.92 Å². The molecule has 6 nitrogen and oxygen atoms in total. The summed E-state index contributed by atoms with van der Waals surface area (Å²) in [5.74, 6) is 0.0320. The Kier molecular flexibility index (Phi) is 7.19. The van der Waals surface area contributed by atoms with Crippen LogP contribution in [0.2, 0.25) is 10.0 Å². The lowest BCUT2D eigenvalue weighted by Gasteiger charge is -2.20. The number of anilines is 1. The van der Waals surface area contributed by atoms with E-state index in [0.717, 1.165) is 17.8 Å². The van der Waals surface area contributed by atoms with Gasteiger partial charge in [-0.1, -0.05) is 29.3 Å². The number of halogens is 5. The van der Waals surface area contributed by atoms with E-state index in [9.17, 15) is 18.0 Å². The van der Waals surface area contributed by atoms with Crippen LogP contribution in [0.15, 0.2) is 42.6 Å². The number of carbonyl (C=O) groups excluding carboxylic acids is 1. The molecule has 1 unspecified atom stereocenters. The average molecular weight is 524 g/mol. The highest BCUT2D eigenvalue weighted by molar-refractivity contribution is 6.42. The normalized spacial score (nSPS) is 18.1. The molecule has 1 aromatic carbocycles. The first kappa shape index (κ1) is 25.2. The van der Waals surface area contributed by atoms with Gasteiger partial charge >= 0.3 is 6.18 Å². The molecule has 2 aromatic heterocycles. The standard InChI is InChI=1S/C24H22Cl2F3N5O/c1-13-7-18(14(2)33-32-13)23(35)34-11-16(19(12-34)15-3-5-20(25)21(26)8-15)9-30-22-6-4-17(10-31-22)24(27,28)29/h3-8,10,16,19H,9,11-12H2,1-2H3,(H,30,31)/t16?,19-/m1/s1. The number of rotatable bonds is 5. The van der Waals surface area contributed by atoms with Gasteiger partial charge in [-0.05, 0) is 49.7 Å². The highest BCUT2D eigenvalue weighted by Crippen LogP contribution is 2.36. The van der Waals surface area contributed by atoms with Crippen LogP contribution in [0.5, 0.6) is 0 Å². The summed E-state index contributed by atoms with van der Waals surface area (Å²) in [4.78, 5) is 19.0. The number of aryl methyl sites for hydroxylation is 2. The molecule has 0 saturated carbocycles. The van der Waals surface area contributed by atoms with E-state index >= 15 is 0 Å². The van der Waals surface area contributed by atoms with E-state index in [1.54, 1.807) is 36.9 Å². The fraction of sp³-hybridized carbons (Fsp3) is 0.333.